The number of hydrogen-bond acceptors (Lipinski definition) is 3. The molecule has 2 fully saturated rings. The monoisotopic (exact) mass is 312 g/mol. The first-order valence-electron chi connectivity index (χ1n) is 8.15. The largest absolute Gasteiger partial charge is 0.361 e. The van der Waals surface area contributed by atoms with Crippen molar-refractivity contribution in [2.75, 3.05) is 10.6 Å². The summed E-state index contributed by atoms with van der Waals surface area (Å²) < 4.78 is 0. The molecule has 4 heteroatoms. The second-order valence-corrected chi connectivity index (χ2v) is 7.48. The van der Waals surface area contributed by atoms with E-state index in [1.54, 1.807) is 0 Å². The highest BCUT2D eigenvalue weighted by molar-refractivity contribution is 6.04. The number of carbonyl (C=O) groups excluding carboxylic acids is 2. The van der Waals surface area contributed by atoms with Gasteiger partial charge in [0.2, 0.25) is 5.91 Å². The summed E-state index contributed by atoms with van der Waals surface area (Å²) in [5, 5.41) is 5.98. The molecule has 0 saturated heterocycles. The molecule has 2 atom stereocenters. The number of anilines is 2. The van der Waals surface area contributed by atoms with Crippen LogP contribution in [-0.2, 0) is 9.59 Å². The maximum atomic E-state index is 12.7. The van der Waals surface area contributed by atoms with E-state index in [-0.39, 0.29) is 16.7 Å². The van der Waals surface area contributed by atoms with Crippen molar-refractivity contribution in [3.8, 4) is 0 Å². The standard InChI is InChI=1S/C19H24N2O2/c1-12(22)21-14-7-5-13(6-8-14)20-11-15-16-9-10-19(4,17(15)23)18(16,2)3/h5-8,11,16,20H,9-10H2,1-4H3,(H,21,22)/b15-11+. The molecular formula is C19H24N2O2. The lowest BCUT2D eigenvalue weighted by Crippen LogP contribution is -2.32. The van der Waals surface area contributed by atoms with Crippen LogP contribution in [0.15, 0.2) is 36.0 Å². The topological polar surface area (TPSA) is 58.2 Å². The number of Topliss-reactive ketones (excluding diaryl/α,β-unsaturated/α-hetero) is 1. The van der Waals surface area contributed by atoms with E-state index in [0.29, 0.717) is 11.7 Å². The molecule has 0 aromatic heterocycles. The van der Waals surface area contributed by atoms with E-state index in [0.717, 1.165) is 29.8 Å². The summed E-state index contributed by atoms with van der Waals surface area (Å²) >= 11 is 0. The van der Waals surface area contributed by atoms with E-state index < -0.39 is 0 Å². The van der Waals surface area contributed by atoms with Crippen LogP contribution < -0.4 is 10.6 Å². The van der Waals surface area contributed by atoms with E-state index in [4.69, 9.17) is 0 Å². The number of fused-ring (bicyclic) bond motifs is 2. The van der Waals surface area contributed by atoms with Crippen molar-refractivity contribution < 1.29 is 9.59 Å². The van der Waals surface area contributed by atoms with Crippen LogP contribution in [0, 0.1) is 16.7 Å². The first-order chi connectivity index (χ1) is 10.8. The van der Waals surface area contributed by atoms with Gasteiger partial charge in [0, 0.05) is 35.5 Å². The highest BCUT2D eigenvalue weighted by Gasteiger charge is 2.63. The number of nitrogens with one attached hydrogen (secondary N) is 2. The van der Waals surface area contributed by atoms with Gasteiger partial charge in [-0.25, -0.2) is 0 Å². The first-order valence-corrected chi connectivity index (χ1v) is 8.15. The van der Waals surface area contributed by atoms with Crippen molar-refractivity contribution >= 4 is 23.1 Å². The Hall–Kier alpha value is -2.10. The summed E-state index contributed by atoms with van der Waals surface area (Å²) in [5.41, 5.74) is 2.41. The summed E-state index contributed by atoms with van der Waals surface area (Å²) in [6.07, 6.45) is 3.96. The van der Waals surface area contributed by atoms with Gasteiger partial charge in [0.15, 0.2) is 5.78 Å². The third-order valence-electron chi connectivity index (χ3n) is 5.96. The third kappa shape index (κ3) is 2.37. The molecule has 0 aliphatic heterocycles. The zero-order valence-corrected chi connectivity index (χ0v) is 14.2. The molecule has 2 aliphatic rings. The third-order valence-corrected chi connectivity index (χ3v) is 5.96. The van der Waals surface area contributed by atoms with Crippen LogP contribution in [0.3, 0.4) is 0 Å². The normalized spacial score (nSPS) is 29.8. The fourth-order valence-corrected chi connectivity index (χ4v) is 4.11. The van der Waals surface area contributed by atoms with E-state index >= 15 is 0 Å². The Bertz CT molecular complexity index is 688. The molecule has 2 unspecified atom stereocenters. The number of ketones is 1. The summed E-state index contributed by atoms with van der Waals surface area (Å²) in [4.78, 5) is 23.8. The van der Waals surface area contributed by atoms with Crippen molar-refractivity contribution in [2.24, 2.45) is 16.7 Å². The zero-order chi connectivity index (χ0) is 16.8. The molecule has 122 valence electrons. The molecule has 2 saturated carbocycles. The van der Waals surface area contributed by atoms with Gasteiger partial charge >= 0.3 is 0 Å². The molecule has 0 spiro atoms. The average molecular weight is 312 g/mol. The van der Waals surface area contributed by atoms with Crippen LogP contribution in [0.25, 0.3) is 0 Å². The van der Waals surface area contributed by atoms with E-state index in [9.17, 15) is 9.59 Å². The Morgan fingerprint density at radius 1 is 1.17 bits per heavy atom. The molecule has 4 nitrogen and oxygen atoms in total. The number of rotatable bonds is 3. The minimum absolute atomic E-state index is 0.0346. The number of allylic oxidation sites excluding steroid dienone is 1. The molecule has 0 heterocycles. The van der Waals surface area contributed by atoms with Gasteiger partial charge in [-0.1, -0.05) is 20.8 Å². The van der Waals surface area contributed by atoms with Gasteiger partial charge in [-0.2, -0.15) is 0 Å². The minimum atomic E-state index is -0.222. The highest BCUT2D eigenvalue weighted by Crippen LogP contribution is 2.65. The molecule has 1 aromatic rings. The molecule has 1 amide bonds. The summed E-state index contributed by atoms with van der Waals surface area (Å²) in [6.45, 7) is 8.02. The van der Waals surface area contributed by atoms with Gasteiger partial charge in [-0.15, -0.1) is 0 Å². The zero-order valence-electron chi connectivity index (χ0n) is 14.2. The maximum absolute atomic E-state index is 12.7. The van der Waals surface area contributed by atoms with Gasteiger partial charge in [-0.05, 0) is 48.4 Å². The lowest BCUT2D eigenvalue weighted by molar-refractivity contribution is -0.125. The fraction of sp³-hybridized carbons (Fsp3) is 0.474. The summed E-state index contributed by atoms with van der Waals surface area (Å²) in [7, 11) is 0. The van der Waals surface area contributed by atoms with E-state index in [2.05, 4.69) is 31.4 Å². The van der Waals surface area contributed by atoms with Crippen molar-refractivity contribution in [1.82, 2.24) is 0 Å². The maximum Gasteiger partial charge on any atom is 0.221 e. The minimum Gasteiger partial charge on any atom is -0.361 e. The number of benzene rings is 1. The van der Waals surface area contributed by atoms with Crippen LogP contribution in [0.1, 0.15) is 40.5 Å². The van der Waals surface area contributed by atoms with Crippen LogP contribution in [0.5, 0.6) is 0 Å². The molecule has 3 rings (SSSR count). The van der Waals surface area contributed by atoms with Crippen LogP contribution >= 0.6 is 0 Å². The van der Waals surface area contributed by atoms with Crippen molar-refractivity contribution in [1.29, 1.82) is 0 Å². The summed E-state index contributed by atoms with van der Waals surface area (Å²) in [6, 6.07) is 7.48. The smallest absolute Gasteiger partial charge is 0.221 e. The molecule has 2 bridgehead atoms. The Balaban J connectivity index is 1.76. The van der Waals surface area contributed by atoms with Crippen molar-refractivity contribution in [3.05, 3.63) is 36.0 Å². The van der Waals surface area contributed by atoms with E-state index in [1.165, 1.54) is 6.92 Å². The Labute approximate surface area is 137 Å². The van der Waals surface area contributed by atoms with Gasteiger partial charge in [0.25, 0.3) is 0 Å². The number of carbonyl (C=O) groups is 2. The van der Waals surface area contributed by atoms with Gasteiger partial charge in [-0.3, -0.25) is 9.59 Å². The predicted molar refractivity (Wildman–Crippen MR) is 92.1 cm³/mol. The second kappa shape index (κ2) is 5.22. The van der Waals surface area contributed by atoms with E-state index in [1.807, 2.05) is 30.5 Å². The lowest BCUT2D eigenvalue weighted by Gasteiger charge is -2.31. The molecule has 0 radical (unpaired) electrons. The Morgan fingerprint density at radius 3 is 2.30 bits per heavy atom. The quantitative estimate of drug-likeness (QED) is 0.830. The predicted octanol–water partition coefficient (Wildman–Crippen LogP) is 3.97. The van der Waals surface area contributed by atoms with Crippen molar-refractivity contribution in [2.45, 2.75) is 40.5 Å². The number of hydrogen-bond donors (Lipinski definition) is 2. The van der Waals surface area contributed by atoms with Gasteiger partial charge in [0.1, 0.15) is 0 Å². The first kappa shape index (κ1) is 15.8. The lowest BCUT2D eigenvalue weighted by atomic mass is 9.70. The van der Waals surface area contributed by atoms with Gasteiger partial charge < -0.3 is 10.6 Å². The molecule has 2 aliphatic carbocycles. The Morgan fingerprint density at radius 2 is 1.78 bits per heavy atom. The second-order valence-electron chi connectivity index (χ2n) is 7.48. The molecular weight excluding hydrogens is 288 g/mol. The fourth-order valence-electron chi connectivity index (χ4n) is 4.11. The van der Waals surface area contributed by atoms with Crippen LogP contribution in [0.2, 0.25) is 0 Å². The average Bonchev–Trinajstić information content (AvgIpc) is 2.79. The van der Waals surface area contributed by atoms with Gasteiger partial charge in [0.05, 0.1) is 0 Å². The number of amides is 1. The highest BCUT2D eigenvalue weighted by atomic mass is 16.1. The molecule has 1 aromatic carbocycles. The van der Waals surface area contributed by atoms with Crippen LogP contribution in [-0.4, -0.2) is 11.7 Å². The Kier molecular flexibility index (Phi) is 3.58. The molecule has 2 N–H and O–H groups in total. The SMILES string of the molecule is CC(=O)Nc1ccc(N/C=C2/C(=O)C3(C)CCC2C3(C)C)cc1. The summed E-state index contributed by atoms with van der Waals surface area (Å²) in [5.74, 6) is 0.545. The van der Waals surface area contributed by atoms with Crippen LogP contribution in [0.4, 0.5) is 11.4 Å². The molecule has 23 heavy (non-hydrogen) atoms. The van der Waals surface area contributed by atoms with Crippen molar-refractivity contribution in [3.63, 3.8) is 0 Å².